The number of nitrogens with zero attached hydrogens (tertiary/aromatic N) is 2. The number of alkyl halides is 3. The molecule has 21 heavy (non-hydrogen) atoms. The molecule has 0 amide bonds. The van der Waals surface area contributed by atoms with Crippen LogP contribution in [-0.4, -0.2) is 9.97 Å². The topological polar surface area (TPSA) is 75.9 Å². The molecule has 0 aliphatic carbocycles. The number of anilines is 3. The van der Waals surface area contributed by atoms with Crippen LogP contribution in [0.15, 0.2) is 24.3 Å². The van der Waals surface area contributed by atoms with Gasteiger partial charge in [0.1, 0.15) is 5.82 Å². The molecule has 0 fully saturated rings. The van der Waals surface area contributed by atoms with E-state index in [0.29, 0.717) is 5.69 Å². The molecule has 0 unspecified atom stereocenters. The van der Waals surface area contributed by atoms with Gasteiger partial charge in [0.15, 0.2) is 0 Å². The first kappa shape index (κ1) is 15.3. The van der Waals surface area contributed by atoms with E-state index in [9.17, 15) is 13.2 Å². The van der Waals surface area contributed by atoms with Gasteiger partial charge in [-0.25, -0.2) is 10.8 Å². The highest BCUT2D eigenvalue weighted by molar-refractivity contribution is 6.30. The van der Waals surface area contributed by atoms with E-state index in [1.807, 2.05) is 0 Å². The Kier molecular flexibility index (Phi) is 4.19. The second kappa shape index (κ2) is 5.74. The molecule has 0 radical (unpaired) electrons. The zero-order valence-corrected chi connectivity index (χ0v) is 11.5. The second-order valence-electron chi connectivity index (χ2n) is 4.18. The van der Waals surface area contributed by atoms with Crippen molar-refractivity contribution in [2.24, 2.45) is 5.84 Å². The molecule has 0 aliphatic heterocycles. The predicted molar refractivity (Wildman–Crippen MR) is 74.3 cm³/mol. The summed E-state index contributed by atoms with van der Waals surface area (Å²) in [6, 6.07) is 4.93. The third kappa shape index (κ3) is 3.73. The summed E-state index contributed by atoms with van der Waals surface area (Å²) in [7, 11) is 0. The van der Waals surface area contributed by atoms with Gasteiger partial charge < -0.3 is 5.32 Å². The molecule has 0 saturated carbocycles. The fraction of sp³-hybridized carbons (Fsp3) is 0.167. The number of hydrazine groups is 1. The van der Waals surface area contributed by atoms with Crippen LogP contribution >= 0.6 is 11.6 Å². The molecule has 1 aromatic carbocycles. The molecular formula is C12H11ClF3N5. The molecule has 9 heteroatoms. The lowest BCUT2D eigenvalue weighted by atomic mass is 10.1. The summed E-state index contributed by atoms with van der Waals surface area (Å²) in [5.41, 5.74) is 1.75. The van der Waals surface area contributed by atoms with Crippen molar-refractivity contribution in [3.63, 3.8) is 0 Å². The average molecular weight is 318 g/mol. The normalized spacial score (nSPS) is 11.3. The summed E-state index contributed by atoms with van der Waals surface area (Å²) in [5.74, 6) is 5.48. The quantitative estimate of drug-likeness (QED) is 0.597. The molecular weight excluding hydrogens is 307 g/mol. The van der Waals surface area contributed by atoms with Gasteiger partial charge in [-0.15, -0.1) is 0 Å². The minimum atomic E-state index is -4.54. The van der Waals surface area contributed by atoms with Gasteiger partial charge in [-0.3, -0.25) is 5.43 Å². The van der Waals surface area contributed by atoms with Crippen molar-refractivity contribution in [1.82, 2.24) is 9.97 Å². The van der Waals surface area contributed by atoms with Crippen LogP contribution in [-0.2, 0) is 6.18 Å². The summed E-state index contributed by atoms with van der Waals surface area (Å²) in [6.45, 7) is 1.67. The van der Waals surface area contributed by atoms with Crippen molar-refractivity contribution in [2.75, 3.05) is 10.7 Å². The maximum absolute atomic E-state index is 13.0. The second-order valence-corrected chi connectivity index (χ2v) is 4.61. The Morgan fingerprint density at radius 2 is 1.90 bits per heavy atom. The maximum atomic E-state index is 13.0. The number of nitrogen functional groups attached to an aromatic ring is 1. The lowest BCUT2D eigenvalue weighted by Crippen LogP contribution is -2.13. The third-order valence-electron chi connectivity index (χ3n) is 2.53. The Balaban J connectivity index is 2.42. The fourth-order valence-corrected chi connectivity index (χ4v) is 1.87. The van der Waals surface area contributed by atoms with Gasteiger partial charge in [-0.1, -0.05) is 11.6 Å². The molecule has 0 saturated heterocycles. The molecule has 0 atom stereocenters. The Morgan fingerprint density at radius 1 is 1.19 bits per heavy atom. The van der Waals surface area contributed by atoms with E-state index in [1.165, 1.54) is 18.2 Å². The summed E-state index contributed by atoms with van der Waals surface area (Å²) >= 11 is 5.62. The van der Waals surface area contributed by atoms with Gasteiger partial charge in [0.25, 0.3) is 0 Å². The zero-order chi connectivity index (χ0) is 15.6. The van der Waals surface area contributed by atoms with Crippen molar-refractivity contribution < 1.29 is 13.2 Å². The molecule has 2 aromatic rings. The summed E-state index contributed by atoms with van der Waals surface area (Å²) in [4.78, 5) is 7.88. The van der Waals surface area contributed by atoms with Crippen molar-refractivity contribution in [3.05, 3.63) is 40.5 Å². The molecule has 0 aliphatic rings. The Bertz CT molecular complexity index is 660. The van der Waals surface area contributed by atoms with Gasteiger partial charge in [0.05, 0.1) is 11.3 Å². The van der Waals surface area contributed by atoms with Crippen molar-refractivity contribution in [1.29, 1.82) is 0 Å². The number of hydrogen-bond donors (Lipinski definition) is 3. The minimum absolute atomic E-state index is 0.00365. The number of nitrogens with one attached hydrogen (secondary N) is 2. The average Bonchev–Trinajstić information content (AvgIpc) is 2.39. The van der Waals surface area contributed by atoms with Gasteiger partial charge in [0.2, 0.25) is 5.95 Å². The molecule has 0 spiro atoms. The van der Waals surface area contributed by atoms with E-state index < -0.39 is 11.7 Å². The number of rotatable bonds is 3. The largest absolute Gasteiger partial charge is 0.418 e. The minimum Gasteiger partial charge on any atom is -0.340 e. The van der Waals surface area contributed by atoms with E-state index in [1.54, 1.807) is 6.92 Å². The van der Waals surface area contributed by atoms with Crippen molar-refractivity contribution in [2.45, 2.75) is 13.1 Å². The number of aromatic nitrogens is 2. The standard InChI is InChI=1S/C12H11ClF3N5/c1-6-4-10(20-11(18-6)21-17)19-9-3-2-7(13)5-8(9)12(14,15)16/h2-5H,17H2,1H3,(H2,18,19,20,21). The molecule has 2 rings (SSSR count). The lowest BCUT2D eigenvalue weighted by molar-refractivity contribution is -0.136. The van der Waals surface area contributed by atoms with Gasteiger partial charge in [-0.05, 0) is 25.1 Å². The molecule has 1 aromatic heterocycles. The van der Waals surface area contributed by atoms with E-state index in [-0.39, 0.29) is 22.5 Å². The van der Waals surface area contributed by atoms with E-state index in [0.717, 1.165) is 6.07 Å². The van der Waals surface area contributed by atoms with Crippen molar-refractivity contribution >= 4 is 29.1 Å². The number of benzene rings is 1. The first-order valence-corrected chi connectivity index (χ1v) is 6.13. The fourth-order valence-electron chi connectivity index (χ4n) is 1.70. The Labute approximate surface area is 123 Å². The highest BCUT2D eigenvalue weighted by atomic mass is 35.5. The van der Waals surface area contributed by atoms with Crippen LogP contribution in [0.4, 0.5) is 30.6 Å². The Hall–Kier alpha value is -2.06. The van der Waals surface area contributed by atoms with Crippen LogP contribution in [0.1, 0.15) is 11.3 Å². The highest BCUT2D eigenvalue weighted by Crippen LogP contribution is 2.37. The predicted octanol–water partition coefficient (Wildman–Crippen LogP) is 3.49. The number of aryl methyl sites for hydroxylation is 1. The van der Waals surface area contributed by atoms with E-state index >= 15 is 0 Å². The third-order valence-corrected chi connectivity index (χ3v) is 2.77. The van der Waals surface area contributed by atoms with Crippen molar-refractivity contribution in [3.8, 4) is 0 Å². The van der Waals surface area contributed by atoms with Crippen LogP contribution < -0.4 is 16.6 Å². The van der Waals surface area contributed by atoms with Crippen LogP contribution in [0.25, 0.3) is 0 Å². The summed E-state index contributed by atoms with van der Waals surface area (Å²) in [6.07, 6.45) is -4.54. The number of halogens is 4. The molecule has 4 N–H and O–H groups in total. The molecule has 0 bridgehead atoms. The first-order chi connectivity index (χ1) is 9.79. The molecule has 1 heterocycles. The van der Waals surface area contributed by atoms with Crippen LogP contribution in [0, 0.1) is 6.92 Å². The smallest absolute Gasteiger partial charge is 0.340 e. The number of hydrogen-bond acceptors (Lipinski definition) is 5. The zero-order valence-electron chi connectivity index (χ0n) is 10.8. The van der Waals surface area contributed by atoms with Crippen LogP contribution in [0.2, 0.25) is 5.02 Å². The first-order valence-electron chi connectivity index (χ1n) is 5.75. The van der Waals surface area contributed by atoms with Crippen LogP contribution in [0.5, 0.6) is 0 Å². The van der Waals surface area contributed by atoms with Gasteiger partial charge >= 0.3 is 6.18 Å². The van der Waals surface area contributed by atoms with E-state index in [4.69, 9.17) is 17.4 Å². The highest BCUT2D eigenvalue weighted by Gasteiger charge is 2.34. The van der Waals surface area contributed by atoms with Gasteiger partial charge in [0, 0.05) is 16.8 Å². The SMILES string of the molecule is Cc1cc(Nc2ccc(Cl)cc2C(F)(F)F)nc(NN)n1. The monoisotopic (exact) mass is 317 g/mol. The van der Waals surface area contributed by atoms with E-state index in [2.05, 4.69) is 20.7 Å². The summed E-state index contributed by atoms with van der Waals surface area (Å²) < 4.78 is 39.0. The molecule has 5 nitrogen and oxygen atoms in total. The maximum Gasteiger partial charge on any atom is 0.418 e. The number of nitrogens with two attached hydrogens (primary N) is 1. The summed E-state index contributed by atoms with van der Waals surface area (Å²) in [5, 5.41) is 2.59. The Morgan fingerprint density at radius 3 is 2.52 bits per heavy atom. The van der Waals surface area contributed by atoms with Crippen LogP contribution in [0.3, 0.4) is 0 Å². The molecule has 112 valence electrons. The van der Waals surface area contributed by atoms with Gasteiger partial charge in [-0.2, -0.15) is 18.2 Å². The lowest BCUT2D eigenvalue weighted by Gasteiger charge is -2.15.